The van der Waals surface area contributed by atoms with E-state index in [2.05, 4.69) is 20.3 Å². The van der Waals surface area contributed by atoms with Crippen molar-refractivity contribution in [2.24, 2.45) is 5.92 Å². The molecule has 0 bridgehead atoms. The molecular formula is C12H16N4O. The maximum atomic E-state index is 9.43. The zero-order chi connectivity index (χ0) is 11.7. The molecule has 1 fully saturated rings. The number of nitrogens with one attached hydrogen (secondary N) is 2. The maximum absolute atomic E-state index is 9.43. The highest BCUT2D eigenvalue weighted by molar-refractivity contribution is 5.86. The van der Waals surface area contributed by atoms with Crippen LogP contribution in [0.25, 0.3) is 11.0 Å². The van der Waals surface area contributed by atoms with E-state index in [9.17, 15) is 5.11 Å². The Hall–Kier alpha value is -1.62. The number of hydrogen-bond donors (Lipinski definition) is 3. The number of H-pyrrole nitrogens is 1. The first-order valence-electron chi connectivity index (χ1n) is 6.04. The number of aromatic nitrogens is 3. The van der Waals surface area contributed by atoms with Gasteiger partial charge in [-0.25, -0.2) is 9.97 Å². The van der Waals surface area contributed by atoms with E-state index in [0.717, 1.165) is 16.9 Å². The second-order valence-electron chi connectivity index (χ2n) is 4.59. The van der Waals surface area contributed by atoms with Crippen LogP contribution in [0, 0.1) is 5.92 Å². The molecule has 0 spiro atoms. The van der Waals surface area contributed by atoms with Crippen molar-refractivity contribution in [1.82, 2.24) is 15.0 Å². The fourth-order valence-electron chi connectivity index (χ4n) is 2.32. The van der Waals surface area contributed by atoms with Gasteiger partial charge in [-0.3, -0.25) is 0 Å². The highest BCUT2D eigenvalue weighted by Gasteiger charge is 2.27. The van der Waals surface area contributed by atoms with Crippen molar-refractivity contribution in [3.8, 4) is 0 Å². The first-order chi connectivity index (χ1) is 8.38. The molecule has 3 rings (SSSR count). The van der Waals surface area contributed by atoms with E-state index < -0.39 is 0 Å². The summed E-state index contributed by atoms with van der Waals surface area (Å²) in [6, 6.07) is 2.06. The lowest BCUT2D eigenvalue weighted by Gasteiger charge is -2.33. The molecule has 3 N–H and O–H groups in total. The molecular weight excluding hydrogens is 216 g/mol. The standard InChI is InChI=1S/C12H16N4O/c17-6-10(8-2-1-3-8)16-12-9-4-5-13-11(9)14-7-15-12/h4-5,7-8,10,17H,1-3,6H2,(H2,13,14,15,16)/t10-/m1/s1. The van der Waals surface area contributed by atoms with Crippen molar-refractivity contribution >= 4 is 16.9 Å². The normalized spacial score (nSPS) is 17.9. The minimum atomic E-state index is 0.108. The Morgan fingerprint density at radius 2 is 2.35 bits per heavy atom. The van der Waals surface area contributed by atoms with Crippen LogP contribution in [-0.2, 0) is 0 Å². The number of aromatic amines is 1. The second-order valence-corrected chi connectivity index (χ2v) is 4.59. The van der Waals surface area contributed by atoms with Crippen LogP contribution < -0.4 is 5.32 Å². The molecule has 0 saturated heterocycles. The van der Waals surface area contributed by atoms with Crippen molar-refractivity contribution in [2.45, 2.75) is 25.3 Å². The molecule has 0 unspecified atom stereocenters. The Bertz CT molecular complexity index is 506. The van der Waals surface area contributed by atoms with Crippen LogP contribution in [0.4, 0.5) is 5.82 Å². The van der Waals surface area contributed by atoms with Gasteiger partial charge in [0.2, 0.25) is 0 Å². The number of hydrogen-bond acceptors (Lipinski definition) is 4. The van der Waals surface area contributed by atoms with Gasteiger partial charge in [-0.05, 0) is 24.8 Å². The molecule has 17 heavy (non-hydrogen) atoms. The third-order valence-electron chi connectivity index (χ3n) is 3.59. The fraction of sp³-hybridized carbons (Fsp3) is 0.500. The van der Waals surface area contributed by atoms with Gasteiger partial charge in [0.05, 0.1) is 18.0 Å². The summed E-state index contributed by atoms with van der Waals surface area (Å²) in [6.45, 7) is 0.153. The molecule has 1 saturated carbocycles. The molecule has 5 nitrogen and oxygen atoms in total. The van der Waals surface area contributed by atoms with E-state index in [4.69, 9.17) is 0 Å². The second kappa shape index (κ2) is 4.33. The Labute approximate surface area is 99.3 Å². The summed E-state index contributed by atoms with van der Waals surface area (Å²) in [5.41, 5.74) is 0.827. The molecule has 2 aromatic heterocycles. The summed E-state index contributed by atoms with van der Waals surface area (Å²) in [6.07, 6.45) is 7.05. The largest absolute Gasteiger partial charge is 0.394 e. The number of fused-ring (bicyclic) bond motifs is 1. The lowest BCUT2D eigenvalue weighted by molar-refractivity contribution is 0.187. The summed E-state index contributed by atoms with van der Waals surface area (Å²) in [5.74, 6) is 1.38. The maximum Gasteiger partial charge on any atom is 0.142 e. The van der Waals surface area contributed by atoms with Gasteiger partial charge >= 0.3 is 0 Å². The van der Waals surface area contributed by atoms with Crippen LogP contribution in [0.3, 0.4) is 0 Å². The summed E-state index contributed by atoms with van der Waals surface area (Å²) >= 11 is 0. The highest BCUT2D eigenvalue weighted by atomic mass is 16.3. The summed E-state index contributed by atoms with van der Waals surface area (Å²) in [4.78, 5) is 11.5. The molecule has 1 aliphatic carbocycles. The van der Waals surface area contributed by atoms with E-state index in [-0.39, 0.29) is 12.6 Å². The van der Waals surface area contributed by atoms with Crippen molar-refractivity contribution in [3.63, 3.8) is 0 Å². The molecule has 90 valence electrons. The highest BCUT2D eigenvalue weighted by Crippen LogP contribution is 2.31. The predicted octanol–water partition coefficient (Wildman–Crippen LogP) is 1.53. The van der Waals surface area contributed by atoms with Gasteiger partial charge in [0, 0.05) is 6.20 Å². The van der Waals surface area contributed by atoms with Gasteiger partial charge in [0.25, 0.3) is 0 Å². The predicted molar refractivity (Wildman–Crippen MR) is 65.7 cm³/mol. The van der Waals surface area contributed by atoms with Gasteiger partial charge < -0.3 is 15.4 Å². The van der Waals surface area contributed by atoms with E-state index >= 15 is 0 Å². The zero-order valence-electron chi connectivity index (χ0n) is 9.56. The van der Waals surface area contributed by atoms with Crippen LogP contribution in [0.5, 0.6) is 0 Å². The van der Waals surface area contributed by atoms with Crippen LogP contribution in [-0.4, -0.2) is 32.7 Å². The number of nitrogens with zero attached hydrogens (tertiary/aromatic N) is 2. The molecule has 0 radical (unpaired) electrons. The number of rotatable bonds is 4. The zero-order valence-corrected chi connectivity index (χ0v) is 9.56. The summed E-state index contributed by atoms with van der Waals surface area (Å²) in [7, 11) is 0. The van der Waals surface area contributed by atoms with E-state index in [0.29, 0.717) is 5.92 Å². The first-order valence-corrected chi connectivity index (χ1v) is 6.04. The van der Waals surface area contributed by atoms with E-state index in [1.54, 1.807) is 0 Å². The summed E-state index contributed by atoms with van der Waals surface area (Å²) in [5, 5.41) is 13.7. The van der Waals surface area contributed by atoms with Gasteiger partial charge in [-0.1, -0.05) is 6.42 Å². The van der Waals surface area contributed by atoms with E-state index in [1.807, 2.05) is 12.3 Å². The van der Waals surface area contributed by atoms with Crippen molar-refractivity contribution in [1.29, 1.82) is 0 Å². The third-order valence-corrected chi connectivity index (χ3v) is 3.59. The van der Waals surface area contributed by atoms with Crippen LogP contribution in [0.1, 0.15) is 19.3 Å². The molecule has 0 aliphatic heterocycles. The average molecular weight is 232 g/mol. The van der Waals surface area contributed by atoms with Gasteiger partial charge in [-0.2, -0.15) is 0 Å². The van der Waals surface area contributed by atoms with Crippen LogP contribution in [0.15, 0.2) is 18.6 Å². The summed E-state index contributed by atoms with van der Waals surface area (Å²) < 4.78 is 0. The smallest absolute Gasteiger partial charge is 0.142 e. The lowest BCUT2D eigenvalue weighted by Crippen LogP contribution is -2.36. The van der Waals surface area contributed by atoms with Crippen molar-refractivity contribution < 1.29 is 5.11 Å². The number of anilines is 1. The average Bonchev–Trinajstić information content (AvgIpc) is 2.74. The molecule has 1 aliphatic rings. The molecule has 0 aromatic carbocycles. The monoisotopic (exact) mass is 232 g/mol. The fourth-order valence-corrected chi connectivity index (χ4v) is 2.32. The molecule has 1 atom stereocenters. The quantitative estimate of drug-likeness (QED) is 0.747. The van der Waals surface area contributed by atoms with Crippen molar-refractivity contribution in [3.05, 3.63) is 18.6 Å². The lowest BCUT2D eigenvalue weighted by atomic mass is 9.80. The minimum Gasteiger partial charge on any atom is -0.394 e. The molecule has 0 amide bonds. The van der Waals surface area contributed by atoms with Crippen LogP contribution in [0.2, 0.25) is 0 Å². The Balaban J connectivity index is 1.85. The minimum absolute atomic E-state index is 0.108. The molecule has 5 heteroatoms. The Morgan fingerprint density at radius 3 is 3.06 bits per heavy atom. The Morgan fingerprint density at radius 1 is 1.47 bits per heavy atom. The topological polar surface area (TPSA) is 73.8 Å². The number of aliphatic hydroxyl groups excluding tert-OH is 1. The number of aliphatic hydroxyl groups is 1. The third kappa shape index (κ3) is 1.86. The van der Waals surface area contributed by atoms with Gasteiger partial charge in [-0.15, -0.1) is 0 Å². The van der Waals surface area contributed by atoms with Gasteiger partial charge in [0.15, 0.2) is 0 Å². The molecule has 2 aromatic rings. The van der Waals surface area contributed by atoms with Gasteiger partial charge in [0.1, 0.15) is 17.8 Å². The SMILES string of the molecule is OC[C@@H](Nc1ncnc2[nH]ccc12)C1CCC1. The van der Waals surface area contributed by atoms with Crippen LogP contribution >= 0.6 is 0 Å². The Kier molecular flexibility index (Phi) is 2.68. The van der Waals surface area contributed by atoms with E-state index in [1.165, 1.54) is 25.6 Å². The van der Waals surface area contributed by atoms with Crippen molar-refractivity contribution in [2.75, 3.05) is 11.9 Å². The molecule has 2 heterocycles. The first kappa shape index (κ1) is 10.5.